The van der Waals surface area contributed by atoms with Crippen molar-refractivity contribution in [3.63, 3.8) is 0 Å². The van der Waals surface area contributed by atoms with Crippen molar-refractivity contribution in [3.8, 4) is 5.75 Å². The molecule has 0 amide bonds. The van der Waals surface area contributed by atoms with E-state index in [1.807, 2.05) is 0 Å². The van der Waals surface area contributed by atoms with Crippen LogP contribution in [0.4, 0.5) is 18.9 Å². The first-order valence-electron chi connectivity index (χ1n) is 3.84. The molecule has 0 unspecified atom stereocenters. The molecule has 1 rings (SSSR count). The summed E-state index contributed by atoms with van der Waals surface area (Å²) in [6.45, 7) is 0. The molecule has 0 aromatic heterocycles. The number of guanidine groups is 1. The molecule has 0 atom stereocenters. The zero-order valence-electron chi connectivity index (χ0n) is 7.43. The molecule has 0 bridgehead atoms. The largest absolute Gasteiger partial charge is 0.573 e. The Morgan fingerprint density at radius 2 is 1.80 bits per heavy atom. The van der Waals surface area contributed by atoms with Gasteiger partial charge in [-0.25, -0.2) is 0 Å². The summed E-state index contributed by atoms with van der Waals surface area (Å²) in [6.07, 6.45) is -4.70. The maximum absolute atomic E-state index is 11.8. The lowest BCUT2D eigenvalue weighted by atomic mass is 10.3. The number of anilines is 1. The number of nitrogens with one attached hydrogen (secondary N) is 2. The zero-order valence-corrected chi connectivity index (χ0v) is 7.43. The van der Waals surface area contributed by atoms with Crippen molar-refractivity contribution in [1.82, 2.24) is 0 Å². The predicted molar refractivity (Wildman–Crippen MR) is 48.7 cm³/mol. The Morgan fingerprint density at radius 1 is 1.27 bits per heavy atom. The van der Waals surface area contributed by atoms with Gasteiger partial charge in [-0.15, -0.1) is 13.2 Å². The smallest absolute Gasteiger partial charge is 0.406 e. The topological polar surface area (TPSA) is 71.1 Å². The summed E-state index contributed by atoms with van der Waals surface area (Å²) in [5.41, 5.74) is 5.44. The second-order valence-electron chi connectivity index (χ2n) is 2.61. The number of nitrogens with two attached hydrogens (primary N) is 1. The van der Waals surface area contributed by atoms with Gasteiger partial charge in [-0.05, 0) is 24.3 Å². The van der Waals surface area contributed by atoms with Gasteiger partial charge in [0.25, 0.3) is 0 Å². The highest BCUT2D eigenvalue weighted by Crippen LogP contribution is 2.23. The molecule has 1 aromatic carbocycles. The molecule has 0 saturated heterocycles. The molecule has 1 aromatic rings. The number of halogens is 3. The van der Waals surface area contributed by atoms with E-state index in [-0.39, 0.29) is 11.7 Å². The Hall–Kier alpha value is -1.92. The Balaban J connectivity index is 2.68. The van der Waals surface area contributed by atoms with Gasteiger partial charge in [-0.1, -0.05) is 0 Å². The Bertz CT molecular complexity index is 347. The molecule has 0 aliphatic carbocycles. The van der Waals surface area contributed by atoms with Gasteiger partial charge in [0.15, 0.2) is 5.96 Å². The molecule has 4 N–H and O–H groups in total. The van der Waals surface area contributed by atoms with Crippen LogP contribution in [0.3, 0.4) is 0 Å². The number of hydrogen-bond donors (Lipinski definition) is 3. The van der Waals surface area contributed by atoms with Crippen molar-refractivity contribution in [3.05, 3.63) is 24.3 Å². The minimum atomic E-state index is -4.70. The van der Waals surface area contributed by atoms with Crippen molar-refractivity contribution >= 4 is 11.6 Å². The fourth-order valence-corrected chi connectivity index (χ4v) is 0.895. The first-order chi connectivity index (χ1) is 6.87. The van der Waals surface area contributed by atoms with Crippen molar-refractivity contribution in [2.24, 2.45) is 5.73 Å². The maximum Gasteiger partial charge on any atom is 0.573 e. The summed E-state index contributed by atoms with van der Waals surface area (Å²) in [5.74, 6) is -0.615. The molecule has 0 radical (unpaired) electrons. The number of ether oxygens (including phenoxy) is 1. The summed E-state index contributed by atoms with van der Waals surface area (Å²) in [7, 11) is 0. The molecule has 0 saturated carbocycles. The highest BCUT2D eigenvalue weighted by atomic mass is 19.4. The van der Waals surface area contributed by atoms with Crippen LogP contribution in [0, 0.1) is 5.41 Å². The Kier molecular flexibility index (Phi) is 3.03. The molecule has 4 nitrogen and oxygen atoms in total. The molecule has 7 heteroatoms. The molecular formula is C8H8F3N3O. The third-order valence-corrected chi connectivity index (χ3v) is 1.37. The molecule has 0 aliphatic rings. The summed E-state index contributed by atoms with van der Waals surface area (Å²) in [6, 6.07) is 4.89. The van der Waals surface area contributed by atoms with E-state index in [0.717, 1.165) is 12.1 Å². The highest BCUT2D eigenvalue weighted by molar-refractivity contribution is 5.89. The molecule has 0 aliphatic heterocycles. The summed E-state index contributed by atoms with van der Waals surface area (Å²) in [5, 5.41) is 9.30. The van der Waals surface area contributed by atoms with Crippen LogP contribution < -0.4 is 15.8 Å². The van der Waals surface area contributed by atoms with Gasteiger partial charge < -0.3 is 15.8 Å². The van der Waals surface area contributed by atoms with E-state index in [2.05, 4.69) is 10.1 Å². The molecule has 15 heavy (non-hydrogen) atoms. The van der Waals surface area contributed by atoms with Crippen molar-refractivity contribution in [1.29, 1.82) is 5.41 Å². The predicted octanol–water partition coefficient (Wildman–Crippen LogP) is 1.89. The lowest BCUT2D eigenvalue weighted by molar-refractivity contribution is -0.274. The average Bonchev–Trinajstić information content (AvgIpc) is 2.05. The van der Waals surface area contributed by atoms with Crippen LogP contribution in [0.25, 0.3) is 0 Å². The van der Waals surface area contributed by atoms with E-state index in [4.69, 9.17) is 11.1 Å². The standard InChI is InChI=1S/C8H8F3N3O/c9-8(10,11)15-6-3-1-5(2-4-6)14-7(12)13/h1-4H,(H4,12,13,14). The van der Waals surface area contributed by atoms with Crippen molar-refractivity contribution in [2.45, 2.75) is 6.36 Å². The molecule has 0 fully saturated rings. The van der Waals surface area contributed by atoms with Gasteiger partial charge >= 0.3 is 6.36 Å². The van der Waals surface area contributed by atoms with Crippen LogP contribution >= 0.6 is 0 Å². The minimum absolute atomic E-state index is 0.292. The maximum atomic E-state index is 11.8. The summed E-state index contributed by atoms with van der Waals surface area (Å²) in [4.78, 5) is 0. The van der Waals surface area contributed by atoms with Gasteiger partial charge in [0.05, 0.1) is 0 Å². The normalized spacial score (nSPS) is 10.9. The number of hydrogen-bond acceptors (Lipinski definition) is 2. The van der Waals surface area contributed by atoms with E-state index in [9.17, 15) is 13.2 Å². The van der Waals surface area contributed by atoms with Crippen LogP contribution in [0.5, 0.6) is 5.75 Å². The fourth-order valence-electron chi connectivity index (χ4n) is 0.895. The van der Waals surface area contributed by atoms with Crippen molar-refractivity contribution < 1.29 is 17.9 Å². The lowest BCUT2D eigenvalue weighted by Gasteiger charge is -2.09. The third-order valence-electron chi connectivity index (χ3n) is 1.37. The monoisotopic (exact) mass is 219 g/mol. The average molecular weight is 219 g/mol. The quantitative estimate of drug-likeness (QED) is 0.525. The van der Waals surface area contributed by atoms with Crippen LogP contribution in [-0.2, 0) is 0 Å². The highest BCUT2D eigenvalue weighted by Gasteiger charge is 2.30. The molecule has 0 heterocycles. The first kappa shape index (κ1) is 11.2. The van der Waals surface area contributed by atoms with E-state index < -0.39 is 6.36 Å². The van der Waals surface area contributed by atoms with Crippen molar-refractivity contribution in [2.75, 3.05) is 5.32 Å². The lowest BCUT2D eigenvalue weighted by Crippen LogP contribution is -2.20. The van der Waals surface area contributed by atoms with Crippen LogP contribution in [0.15, 0.2) is 24.3 Å². The van der Waals surface area contributed by atoms with E-state index in [0.29, 0.717) is 5.69 Å². The van der Waals surface area contributed by atoms with Crippen LogP contribution in [0.2, 0.25) is 0 Å². The summed E-state index contributed by atoms with van der Waals surface area (Å²) >= 11 is 0. The summed E-state index contributed by atoms with van der Waals surface area (Å²) < 4.78 is 38.9. The SMILES string of the molecule is N=C(N)Nc1ccc(OC(F)(F)F)cc1. The van der Waals surface area contributed by atoms with Gasteiger partial charge in [0, 0.05) is 5.69 Å². The first-order valence-corrected chi connectivity index (χ1v) is 3.84. The Labute approximate surface area is 83.3 Å². The van der Waals surface area contributed by atoms with Gasteiger partial charge in [-0.2, -0.15) is 0 Å². The van der Waals surface area contributed by atoms with Gasteiger partial charge in [0.2, 0.25) is 0 Å². The van der Waals surface area contributed by atoms with E-state index in [1.54, 1.807) is 0 Å². The van der Waals surface area contributed by atoms with Gasteiger partial charge in [0.1, 0.15) is 5.75 Å². The minimum Gasteiger partial charge on any atom is -0.406 e. The second-order valence-corrected chi connectivity index (χ2v) is 2.61. The fraction of sp³-hybridized carbons (Fsp3) is 0.125. The third kappa shape index (κ3) is 4.21. The van der Waals surface area contributed by atoms with E-state index in [1.165, 1.54) is 12.1 Å². The molecule has 82 valence electrons. The van der Waals surface area contributed by atoms with Crippen LogP contribution in [-0.4, -0.2) is 12.3 Å². The number of alkyl halides is 3. The van der Waals surface area contributed by atoms with Crippen LogP contribution in [0.1, 0.15) is 0 Å². The molecule has 0 spiro atoms. The molecular weight excluding hydrogens is 211 g/mol. The van der Waals surface area contributed by atoms with E-state index >= 15 is 0 Å². The Morgan fingerprint density at radius 3 is 2.20 bits per heavy atom. The number of rotatable bonds is 2. The van der Waals surface area contributed by atoms with Gasteiger partial charge in [-0.3, -0.25) is 5.41 Å². The zero-order chi connectivity index (χ0) is 11.5. The number of benzene rings is 1. The second kappa shape index (κ2) is 4.07.